The largest absolute Gasteiger partial charge is 0.352 e. The van der Waals surface area contributed by atoms with Crippen LogP contribution in [0, 0.1) is 0 Å². The molecule has 7 heteroatoms. The lowest BCUT2D eigenvalue weighted by Gasteiger charge is -2.12. The number of hydrogen-bond donors (Lipinski definition) is 2. The average Bonchev–Trinajstić information content (AvgIpc) is 2.92. The Hall–Kier alpha value is -1.11. The first-order valence-corrected chi connectivity index (χ1v) is 8.99. The van der Waals surface area contributed by atoms with Crippen LogP contribution in [-0.4, -0.2) is 26.9 Å². The van der Waals surface area contributed by atoms with Crippen molar-refractivity contribution < 1.29 is 13.2 Å². The van der Waals surface area contributed by atoms with E-state index in [0.29, 0.717) is 10.6 Å². The van der Waals surface area contributed by atoms with Gasteiger partial charge in [-0.3, -0.25) is 4.79 Å². The van der Waals surface area contributed by atoms with E-state index in [1.165, 1.54) is 0 Å². The number of halogens is 1. The molecule has 2 rings (SSSR count). The Bertz CT molecular complexity index is 581. The number of amides is 1. The van der Waals surface area contributed by atoms with Crippen LogP contribution < -0.4 is 10.0 Å². The summed E-state index contributed by atoms with van der Waals surface area (Å²) in [5.74, 6) is -0.442. The van der Waals surface area contributed by atoms with Crippen molar-refractivity contribution in [2.45, 2.75) is 37.5 Å². The zero-order chi connectivity index (χ0) is 15.3. The van der Waals surface area contributed by atoms with Gasteiger partial charge < -0.3 is 5.32 Å². The van der Waals surface area contributed by atoms with Gasteiger partial charge in [0.05, 0.1) is 12.3 Å². The predicted octanol–water partition coefficient (Wildman–Crippen LogP) is 1.82. The maximum atomic E-state index is 11.9. The molecule has 0 bridgehead atoms. The normalized spacial score (nSPS) is 16.0. The highest BCUT2D eigenvalue weighted by molar-refractivity contribution is 7.88. The Morgan fingerprint density at radius 3 is 2.43 bits per heavy atom. The van der Waals surface area contributed by atoms with E-state index in [1.807, 2.05) is 0 Å². The molecule has 1 saturated carbocycles. The number of carbonyl (C=O) groups is 1. The lowest BCUT2D eigenvalue weighted by Crippen LogP contribution is -2.41. The molecule has 0 heterocycles. The molecule has 0 aromatic heterocycles. The molecule has 21 heavy (non-hydrogen) atoms. The summed E-state index contributed by atoms with van der Waals surface area (Å²) in [6.07, 6.45) is 4.19. The second-order valence-corrected chi connectivity index (χ2v) is 7.50. The maximum Gasteiger partial charge on any atom is 0.235 e. The molecule has 1 amide bonds. The van der Waals surface area contributed by atoms with Crippen LogP contribution in [0.25, 0.3) is 0 Å². The molecule has 5 nitrogen and oxygen atoms in total. The van der Waals surface area contributed by atoms with Gasteiger partial charge in [0.1, 0.15) is 0 Å². The number of hydrogen-bond acceptors (Lipinski definition) is 3. The molecule has 0 spiro atoms. The van der Waals surface area contributed by atoms with Crippen molar-refractivity contribution in [1.29, 1.82) is 0 Å². The first-order chi connectivity index (χ1) is 9.94. The van der Waals surface area contributed by atoms with E-state index >= 15 is 0 Å². The Morgan fingerprint density at radius 2 is 1.81 bits per heavy atom. The minimum Gasteiger partial charge on any atom is -0.352 e. The number of benzene rings is 1. The van der Waals surface area contributed by atoms with Gasteiger partial charge in [-0.2, -0.15) is 0 Å². The van der Waals surface area contributed by atoms with Gasteiger partial charge >= 0.3 is 0 Å². The molecule has 0 saturated heterocycles. The maximum absolute atomic E-state index is 11.9. The van der Waals surface area contributed by atoms with Crippen LogP contribution in [0.1, 0.15) is 31.2 Å². The lowest BCUT2D eigenvalue weighted by molar-refractivity contribution is -0.120. The van der Waals surface area contributed by atoms with Gasteiger partial charge in [0.25, 0.3) is 0 Å². The van der Waals surface area contributed by atoms with Crippen LogP contribution in [0.3, 0.4) is 0 Å². The molecule has 0 radical (unpaired) electrons. The van der Waals surface area contributed by atoms with Gasteiger partial charge in [-0.1, -0.05) is 36.6 Å². The zero-order valence-electron chi connectivity index (χ0n) is 11.6. The Kier molecular flexibility index (Phi) is 5.61. The van der Waals surface area contributed by atoms with Gasteiger partial charge in [0.15, 0.2) is 0 Å². The zero-order valence-corrected chi connectivity index (χ0v) is 13.2. The fourth-order valence-electron chi connectivity index (χ4n) is 2.38. The highest BCUT2D eigenvalue weighted by atomic mass is 35.5. The van der Waals surface area contributed by atoms with Gasteiger partial charge in [-0.05, 0) is 30.5 Å². The van der Waals surface area contributed by atoms with E-state index in [2.05, 4.69) is 10.0 Å². The predicted molar refractivity (Wildman–Crippen MR) is 82.5 cm³/mol. The van der Waals surface area contributed by atoms with E-state index in [9.17, 15) is 13.2 Å². The van der Waals surface area contributed by atoms with Gasteiger partial charge in [0.2, 0.25) is 15.9 Å². The van der Waals surface area contributed by atoms with Crippen molar-refractivity contribution in [3.05, 3.63) is 34.9 Å². The van der Waals surface area contributed by atoms with Crippen LogP contribution in [-0.2, 0) is 20.6 Å². The minimum absolute atomic E-state index is 0.166. The molecule has 1 aromatic carbocycles. The first-order valence-electron chi connectivity index (χ1n) is 6.96. The van der Waals surface area contributed by atoms with Gasteiger partial charge in [-0.15, -0.1) is 0 Å². The summed E-state index contributed by atoms with van der Waals surface area (Å²) >= 11 is 5.75. The molecule has 0 aliphatic heterocycles. The molecule has 2 N–H and O–H groups in total. The van der Waals surface area contributed by atoms with E-state index in [-0.39, 0.29) is 24.2 Å². The second-order valence-electron chi connectivity index (χ2n) is 5.26. The Morgan fingerprint density at radius 1 is 1.19 bits per heavy atom. The Balaban J connectivity index is 1.80. The molecular formula is C14H19ClN2O3S. The molecule has 1 aliphatic carbocycles. The summed E-state index contributed by atoms with van der Waals surface area (Å²) in [6.45, 7) is -0.216. The Labute approximate surface area is 130 Å². The first kappa shape index (κ1) is 16.3. The van der Waals surface area contributed by atoms with E-state index in [1.54, 1.807) is 24.3 Å². The topological polar surface area (TPSA) is 75.3 Å². The lowest BCUT2D eigenvalue weighted by atomic mass is 10.2. The third kappa shape index (κ3) is 5.65. The molecule has 1 fully saturated rings. The fraction of sp³-hybridized carbons (Fsp3) is 0.500. The third-order valence-corrected chi connectivity index (χ3v) is 4.99. The molecule has 1 aliphatic rings. The van der Waals surface area contributed by atoms with Crippen LogP contribution in [0.2, 0.25) is 5.02 Å². The minimum atomic E-state index is -3.53. The molecule has 0 unspecified atom stereocenters. The molecular weight excluding hydrogens is 312 g/mol. The highest BCUT2D eigenvalue weighted by Crippen LogP contribution is 2.17. The van der Waals surface area contributed by atoms with Gasteiger partial charge in [-0.25, -0.2) is 13.1 Å². The summed E-state index contributed by atoms with van der Waals surface area (Å²) in [5, 5.41) is 3.40. The fourth-order valence-corrected chi connectivity index (χ4v) is 3.59. The van der Waals surface area contributed by atoms with Crippen molar-refractivity contribution in [1.82, 2.24) is 10.0 Å². The van der Waals surface area contributed by atoms with Crippen molar-refractivity contribution >= 4 is 27.5 Å². The summed E-state index contributed by atoms with van der Waals surface area (Å²) in [5.41, 5.74) is 0.628. The van der Waals surface area contributed by atoms with Crippen LogP contribution in [0.15, 0.2) is 24.3 Å². The summed E-state index contributed by atoms with van der Waals surface area (Å²) in [7, 11) is -3.53. The van der Waals surface area contributed by atoms with Crippen LogP contribution in [0.4, 0.5) is 0 Å². The summed E-state index contributed by atoms with van der Waals surface area (Å²) in [4.78, 5) is 11.7. The number of carbonyl (C=O) groups excluding carboxylic acids is 1. The van der Waals surface area contributed by atoms with Crippen LogP contribution in [0.5, 0.6) is 0 Å². The number of rotatable bonds is 6. The average molecular weight is 331 g/mol. The van der Waals surface area contributed by atoms with E-state index < -0.39 is 10.0 Å². The smallest absolute Gasteiger partial charge is 0.235 e. The standard InChI is InChI=1S/C14H19ClN2O3S/c15-12-7-5-11(6-8-12)10-21(19,20)16-9-14(18)17-13-3-1-2-4-13/h5-8,13,16H,1-4,9-10H2,(H,17,18). The third-order valence-electron chi connectivity index (χ3n) is 3.44. The monoisotopic (exact) mass is 330 g/mol. The molecule has 116 valence electrons. The SMILES string of the molecule is O=C(CNS(=O)(=O)Cc1ccc(Cl)cc1)NC1CCCC1. The van der Waals surface area contributed by atoms with Crippen molar-refractivity contribution in [2.24, 2.45) is 0 Å². The van der Waals surface area contributed by atoms with Crippen molar-refractivity contribution in [3.8, 4) is 0 Å². The molecule has 0 atom stereocenters. The summed E-state index contributed by atoms with van der Waals surface area (Å²) < 4.78 is 26.1. The second kappa shape index (κ2) is 7.24. The summed E-state index contributed by atoms with van der Waals surface area (Å²) in [6, 6.07) is 6.77. The molecule has 1 aromatic rings. The van der Waals surface area contributed by atoms with Crippen molar-refractivity contribution in [2.75, 3.05) is 6.54 Å². The quantitative estimate of drug-likeness (QED) is 0.835. The van der Waals surface area contributed by atoms with Crippen LogP contribution >= 0.6 is 11.6 Å². The van der Waals surface area contributed by atoms with E-state index in [0.717, 1.165) is 25.7 Å². The highest BCUT2D eigenvalue weighted by Gasteiger charge is 2.18. The number of nitrogens with one attached hydrogen (secondary N) is 2. The van der Waals surface area contributed by atoms with E-state index in [4.69, 9.17) is 11.6 Å². The van der Waals surface area contributed by atoms with Gasteiger partial charge in [0, 0.05) is 11.1 Å². The van der Waals surface area contributed by atoms with Crippen molar-refractivity contribution in [3.63, 3.8) is 0 Å². The number of sulfonamides is 1.